The summed E-state index contributed by atoms with van der Waals surface area (Å²) in [6.45, 7) is 5.11. The first-order valence-electron chi connectivity index (χ1n) is 6.97. The molecule has 0 aromatic heterocycles. The summed E-state index contributed by atoms with van der Waals surface area (Å²) >= 11 is 0. The number of nitrogens with one attached hydrogen (secondary N) is 2. The zero-order valence-electron chi connectivity index (χ0n) is 13.0. The molecule has 1 rings (SSSR count). The van der Waals surface area contributed by atoms with Crippen molar-refractivity contribution in [3.05, 3.63) is 0 Å². The van der Waals surface area contributed by atoms with E-state index in [-0.39, 0.29) is 30.0 Å². The van der Waals surface area contributed by atoms with Crippen molar-refractivity contribution in [2.45, 2.75) is 25.8 Å². The number of rotatable bonds is 7. The molecule has 0 amide bonds. The Hall–Kier alpha value is -0.130. The molecule has 0 spiro atoms. The lowest BCUT2D eigenvalue weighted by Gasteiger charge is -2.21. The fourth-order valence-electron chi connectivity index (χ4n) is 2.24. The maximum Gasteiger partial charge on any atom is 0.211 e. The normalized spacial score (nSPS) is 20.1. The maximum atomic E-state index is 11.7. The van der Waals surface area contributed by atoms with Crippen LogP contribution in [0.5, 0.6) is 0 Å². The minimum absolute atomic E-state index is 0. The van der Waals surface area contributed by atoms with Gasteiger partial charge < -0.3 is 15.4 Å². The van der Waals surface area contributed by atoms with E-state index in [0.29, 0.717) is 32.2 Å². The Balaban J connectivity index is 0.00000400. The van der Waals surface area contributed by atoms with Crippen molar-refractivity contribution >= 4 is 40.0 Å². The van der Waals surface area contributed by atoms with Crippen LogP contribution in [-0.4, -0.2) is 70.9 Å². The monoisotopic (exact) mass is 434 g/mol. The second-order valence-electron chi connectivity index (χ2n) is 4.81. The molecular formula is C12H27IN4O3S. The van der Waals surface area contributed by atoms with Gasteiger partial charge in [-0.2, -0.15) is 4.31 Å². The van der Waals surface area contributed by atoms with Gasteiger partial charge in [-0.15, -0.1) is 24.0 Å². The molecule has 0 bridgehead atoms. The molecule has 1 atom stereocenters. The third-order valence-corrected chi connectivity index (χ3v) is 4.48. The lowest BCUT2D eigenvalue weighted by Crippen LogP contribution is -2.41. The summed E-state index contributed by atoms with van der Waals surface area (Å²) in [7, 11) is -1.48. The van der Waals surface area contributed by atoms with E-state index >= 15 is 0 Å². The Labute approximate surface area is 145 Å². The van der Waals surface area contributed by atoms with Crippen molar-refractivity contribution in [2.75, 3.05) is 46.2 Å². The highest BCUT2D eigenvalue weighted by Crippen LogP contribution is 2.20. The number of nitrogens with zero attached hydrogens (tertiary/aromatic N) is 2. The second-order valence-corrected chi connectivity index (χ2v) is 6.74. The van der Waals surface area contributed by atoms with Crippen LogP contribution in [0.3, 0.4) is 0 Å². The molecule has 1 saturated heterocycles. The molecule has 0 unspecified atom stereocenters. The summed E-state index contributed by atoms with van der Waals surface area (Å²) in [5.74, 6) is 0.699. The number of methoxy groups -OCH3 is 1. The first kappa shape index (κ1) is 20.9. The van der Waals surface area contributed by atoms with Gasteiger partial charge in [0.15, 0.2) is 5.96 Å². The minimum atomic E-state index is -3.13. The highest BCUT2D eigenvalue weighted by Gasteiger charge is 2.31. The molecule has 0 aromatic rings. The Morgan fingerprint density at radius 1 is 1.43 bits per heavy atom. The van der Waals surface area contributed by atoms with Gasteiger partial charge in [-0.1, -0.05) is 0 Å². The summed E-state index contributed by atoms with van der Waals surface area (Å²) in [5.41, 5.74) is 0. The number of sulfonamides is 1. The van der Waals surface area contributed by atoms with Crippen molar-refractivity contribution in [3.8, 4) is 0 Å². The molecule has 126 valence electrons. The van der Waals surface area contributed by atoms with Gasteiger partial charge in [0, 0.05) is 32.8 Å². The zero-order valence-corrected chi connectivity index (χ0v) is 16.1. The van der Waals surface area contributed by atoms with Crippen LogP contribution in [-0.2, 0) is 14.8 Å². The third kappa shape index (κ3) is 7.61. The fourth-order valence-corrected chi connectivity index (χ4v) is 3.41. The van der Waals surface area contributed by atoms with Gasteiger partial charge >= 0.3 is 0 Å². The van der Waals surface area contributed by atoms with E-state index in [2.05, 4.69) is 15.6 Å². The molecular weight excluding hydrogens is 407 g/mol. The molecule has 1 heterocycles. The number of hydrogen-bond acceptors (Lipinski definition) is 4. The summed E-state index contributed by atoms with van der Waals surface area (Å²) in [5, 5.41) is 6.28. The summed E-state index contributed by atoms with van der Waals surface area (Å²) in [6.07, 6.45) is 3.03. The van der Waals surface area contributed by atoms with Gasteiger partial charge in [-0.3, -0.25) is 4.99 Å². The molecule has 1 aliphatic rings. The van der Waals surface area contributed by atoms with Crippen molar-refractivity contribution in [1.29, 1.82) is 0 Å². The van der Waals surface area contributed by atoms with Gasteiger partial charge in [-0.25, -0.2) is 8.42 Å². The fraction of sp³-hybridized carbons (Fsp3) is 0.917. The quantitative estimate of drug-likeness (QED) is 0.260. The molecule has 0 aromatic carbocycles. The number of aliphatic imine (C=N–C) groups is 1. The van der Waals surface area contributed by atoms with Crippen molar-refractivity contribution in [1.82, 2.24) is 14.9 Å². The van der Waals surface area contributed by atoms with Crippen molar-refractivity contribution < 1.29 is 13.2 Å². The number of halogens is 1. The van der Waals surface area contributed by atoms with Crippen molar-refractivity contribution in [2.24, 2.45) is 4.99 Å². The predicted octanol–water partition coefficient (Wildman–Crippen LogP) is 0.230. The van der Waals surface area contributed by atoms with E-state index in [0.717, 1.165) is 19.4 Å². The Morgan fingerprint density at radius 2 is 2.14 bits per heavy atom. The third-order valence-electron chi connectivity index (χ3n) is 3.15. The zero-order chi connectivity index (χ0) is 15.0. The molecule has 1 fully saturated rings. The van der Waals surface area contributed by atoms with Gasteiger partial charge in [0.25, 0.3) is 0 Å². The largest absolute Gasteiger partial charge is 0.383 e. The summed E-state index contributed by atoms with van der Waals surface area (Å²) < 4.78 is 29.8. The molecule has 0 saturated carbocycles. The van der Waals surface area contributed by atoms with Crippen LogP contribution in [0.2, 0.25) is 0 Å². The van der Waals surface area contributed by atoms with E-state index < -0.39 is 10.0 Å². The van der Waals surface area contributed by atoms with E-state index in [1.807, 2.05) is 6.92 Å². The number of ether oxygens (including phenoxy) is 1. The summed E-state index contributed by atoms with van der Waals surface area (Å²) in [6, 6.07) is -0.0251. The summed E-state index contributed by atoms with van der Waals surface area (Å²) in [4.78, 5) is 4.46. The average Bonchev–Trinajstić information content (AvgIpc) is 2.84. The van der Waals surface area contributed by atoms with E-state index in [1.165, 1.54) is 6.26 Å². The standard InChI is InChI=1S/C12H26N4O3S.HI/c1-4-13-12(14-7-9-19-2)15-10-11-6-5-8-16(11)20(3,17)18;/h11H,4-10H2,1-3H3,(H2,13,14,15);1H/t11-;/m1./s1. The van der Waals surface area contributed by atoms with Gasteiger partial charge in [0.2, 0.25) is 10.0 Å². The highest BCUT2D eigenvalue weighted by molar-refractivity contribution is 14.0. The first-order chi connectivity index (χ1) is 9.49. The predicted molar refractivity (Wildman–Crippen MR) is 95.8 cm³/mol. The van der Waals surface area contributed by atoms with Gasteiger partial charge in [0.1, 0.15) is 0 Å². The van der Waals surface area contributed by atoms with Crippen LogP contribution in [0.1, 0.15) is 19.8 Å². The molecule has 0 radical (unpaired) electrons. The molecule has 1 aliphatic heterocycles. The molecule has 21 heavy (non-hydrogen) atoms. The van der Waals surface area contributed by atoms with Gasteiger partial charge in [-0.05, 0) is 19.8 Å². The van der Waals surface area contributed by atoms with Crippen LogP contribution in [0.4, 0.5) is 0 Å². The van der Waals surface area contributed by atoms with Crippen LogP contribution in [0.15, 0.2) is 4.99 Å². The number of guanidine groups is 1. The minimum Gasteiger partial charge on any atom is -0.383 e. The Bertz CT molecular complexity index is 417. The van der Waals surface area contributed by atoms with E-state index in [4.69, 9.17) is 4.74 Å². The molecule has 0 aliphatic carbocycles. The van der Waals surface area contributed by atoms with Gasteiger partial charge in [0.05, 0.1) is 19.4 Å². The lowest BCUT2D eigenvalue weighted by atomic mass is 10.2. The molecule has 9 heteroatoms. The molecule has 2 N–H and O–H groups in total. The Morgan fingerprint density at radius 3 is 2.71 bits per heavy atom. The highest BCUT2D eigenvalue weighted by atomic mass is 127. The maximum absolute atomic E-state index is 11.7. The lowest BCUT2D eigenvalue weighted by molar-refractivity contribution is 0.203. The first-order valence-corrected chi connectivity index (χ1v) is 8.81. The van der Waals surface area contributed by atoms with Crippen LogP contribution in [0.25, 0.3) is 0 Å². The smallest absolute Gasteiger partial charge is 0.211 e. The number of hydrogen-bond donors (Lipinski definition) is 2. The van der Waals surface area contributed by atoms with E-state index in [1.54, 1.807) is 11.4 Å². The van der Waals surface area contributed by atoms with Crippen LogP contribution in [0, 0.1) is 0 Å². The second kappa shape index (κ2) is 10.6. The van der Waals surface area contributed by atoms with Crippen molar-refractivity contribution in [3.63, 3.8) is 0 Å². The van der Waals surface area contributed by atoms with Crippen LogP contribution < -0.4 is 10.6 Å². The van der Waals surface area contributed by atoms with E-state index in [9.17, 15) is 8.42 Å². The average molecular weight is 434 g/mol. The SMILES string of the molecule is CCNC(=NC[C@H]1CCCN1S(C)(=O)=O)NCCOC.I. The van der Waals surface area contributed by atoms with Crippen LogP contribution >= 0.6 is 24.0 Å². The topological polar surface area (TPSA) is 83.0 Å². The molecule has 7 nitrogen and oxygen atoms in total. The Kier molecular flexibility index (Phi) is 10.5.